The van der Waals surface area contributed by atoms with Crippen LogP contribution in [0.5, 0.6) is 0 Å². The molecule has 0 radical (unpaired) electrons. The highest BCUT2D eigenvalue weighted by atomic mass is 16.5. The van der Waals surface area contributed by atoms with Gasteiger partial charge in [0.15, 0.2) is 5.82 Å². The van der Waals surface area contributed by atoms with Crippen molar-refractivity contribution < 1.29 is 14.6 Å². The molecule has 0 bridgehead atoms. The van der Waals surface area contributed by atoms with Crippen LogP contribution < -0.4 is 5.32 Å². The van der Waals surface area contributed by atoms with Gasteiger partial charge in [0.25, 0.3) is 0 Å². The first kappa shape index (κ1) is 18.5. The van der Waals surface area contributed by atoms with E-state index in [4.69, 9.17) is 4.74 Å². The van der Waals surface area contributed by atoms with Gasteiger partial charge in [-0.25, -0.2) is 4.98 Å². The third-order valence-electron chi connectivity index (χ3n) is 5.04. The number of aromatic nitrogens is 5. The quantitative estimate of drug-likeness (QED) is 0.699. The van der Waals surface area contributed by atoms with E-state index in [-0.39, 0.29) is 31.0 Å². The predicted molar refractivity (Wildman–Crippen MR) is 93.4 cm³/mol. The van der Waals surface area contributed by atoms with Gasteiger partial charge >= 0.3 is 0 Å². The summed E-state index contributed by atoms with van der Waals surface area (Å²) in [5, 5.41) is 20.8. The number of nitrogens with zero attached hydrogens (tertiary/aromatic N) is 5. The number of aryl methyl sites for hydroxylation is 1. The molecule has 9 heteroatoms. The number of imidazole rings is 1. The third kappa shape index (κ3) is 3.78. The maximum Gasteiger partial charge on any atom is 0.240 e. The predicted octanol–water partition coefficient (Wildman–Crippen LogP) is 0.293. The Balaban J connectivity index is 1.53. The first-order chi connectivity index (χ1) is 12.5. The normalized spacial score (nSPS) is 19.4. The van der Waals surface area contributed by atoms with E-state index in [0.717, 1.165) is 30.1 Å². The average Bonchev–Trinajstić information content (AvgIpc) is 3.13. The van der Waals surface area contributed by atoms with Gasteiger partial charge in [0.05, 0.1) is 18.6 Å². The number of hydrogen-bond acceptors (Lipinski definition) is 6. The molecule has 0 atom stereocenters. The lowest BCUT2D eigenvalue weighted by atomic mass is 9.79. The Morgan fingerprint density at radius 3 is 2.77 bits per heavy atom. The maximum absolute atomic E-state index is 12.2. The van der Waals surface area contributed by atoms with Crippen molar-refractivity contribution in [2.75, 3.05) is 13.7 Å². The lowest BCUT2D eigenvalue weighted by Gasteiger charge is -2.35. The van der Waals surface area contributed by atoms with Gasteiger partial charge in [-0.1, -0.05) is 0 Å². The topological polar surface area (TPSA) is 107 Å². The molecule has 26 heavy (non-hydrogen) atoms. The minimum Gasteiger partial charge on any atom is -0.388 e. The van der Waals surface area contributed by atoms with Gasteiger partial charge in [0.1, 0.15) is 19.0 Å². The number of nitrogens with one attached hydrogen (secondary N) is 1. The molecular formula is C17H26N6O3. The van der Waals surface area contributed by atoms with Crippen LogP contribution in [0.2, 0.25) is 0 Å². The molecular weight excluding hydrogens is 336 g/mol. The molecule has 0 aromatic carbocycles. The van der Waals surface area contributed by atoms with E-state index < -0.39 is 0 Å². The molecule has 1 aliphatic carbocycles. The van der Waals surface area contributed by atoms with E-state index >= 15 is 0 Å². The number of amides is 1. The summed E-state index contributed by atoms with van der Waals surface area (Å²) in [7, 11) is 1.64. The molecule has 142 valence electrons. The Bertz CT molecular complexity index is 763. The lowest BCUT2D eigenvalue weighted by Crippen LogP contribution is -2.45. The van der Waals surface area contributed by atoms with E-state index in [1.165, 1.54) is 0 Å². The monoisotopic (exact) mass is 362 g/mol. The van der Waals surface area contributed by atoms with Gasteiger partial charge in [-0.3, -0.25) is 4.79 Å². The van der Waals surface area contributed by atoms with Crippen LogP contribution in [-0.2, 0) is 29.2 Å². The second kappa shape index (κ2) is 7.96. The summed E-state index contributed by atoms with van der Waals surface area (Å²) in [6.45, 7) is 5.18. The lowest BCUT2D eigenvalue weighted by molar-refractivity contribution is -0.123. The van der Waals surface area contributed by atoms with Gasteiger partial charge in [0.2, 0.25) is 5.91 Å². The first-order valence-corrected chi connectivity index (χ1v) is 8.83. The van der Waals surface area contributed by atoms with E-state index in [2.05, 4.69) is 20.5 Å². The minimum atomic E-state index is -0.146. The summed E-state index contributed by atoms with van der Waals surface area (Å²) in [4.78, 5) is 16.4. The van der Waals surface area contributed by atoms with Crippen LogP contribution in [-0.4, -0.2) is 55.1 Å². The Morgan fingerprint density at radius 1 is 1.38 bits per heavy atom. The van der Waals surface area contributed by atoms with Gasteiger partial charge in [-0.15, -0.1) is 10.2 Å². The molecule has 3 rings (SSSR count). The maximum atomic E-state index is 12.2. The zero-order chi connectivity index (χ0) is 18.7. The molecule has 9 nitrogen and oxygen atoms in total. The van der Waals surface area contributed by atoms with Crippen molar-refractivity contribution in [3.05, 3.63) is 29.4 Å². The summed E-state index contributed by atoms with van der Waals surface area (Å²) in [6, 6.07) is 0.141. The fourth-order valence-corrected chi connectivity index (χ4v) is 3.27. The van der Waals surface area contributed by atoms with Crippen LogP contribution in [0.1, 0.15) is 41.8 Å². The molecule has 0 aliphatic heterocycles. The fraction of sp³-hybridized carbons (Fsp3) is 0.647. The van der Waals surface area contributed by atoms with Crippen LogP contribution in [0.3, 0.4) is 0 Å². The Hall–Kier alpha value is -2.26. The molecule has 0 unspecified atom stereocenters. The summed E-state index contributed by atoms with van der Waals surface area (Å²) in [6.07, 6.45) is 3.34. The Kier molecular flexibility index (Phi) is 5.67. The summed E-state index contributed by atoms with van der Waals surface area (Å²) < 4.78 is 8.90. The second-order valence-corrected chi connectivity index (χ2v) is 6.75. The highest BCUT2D eigenvalue weighted by Crippen LogP contribution is 2.36. The molecule has 1 amide bonds. The van der Waals surface area contributed by atoms with Crippen molar-refractivity contribution in [1.29, 1.82) is 0 Å². The third-order valence-corrected chi connectivity index (χ3v) is 5.04. The van der Waals surface area contributed by atoms with E-state index in [1.807, 2.05) is 23.0 Å². The molecule has 1 saturated carbocycles. The Labute approximate surface area is 152 Å². The van der Waals surface area contributed by atoms with Crippen LogP contribution in [0.15, 0.2) is 6.33 Å². The SMILES string of the molecule is COCCn1c(CO)nnc1C1CC(NC(=O)Cn2cnc(C)c2C)C1. The van der Waals surface area contributed by atoms with Crippen molar-refractivity contribution in [3.63, 3.8) is 0 Å². The average molecular weight is 362 g/mol. The van der Waals surface area contributed by atoms with E-state index in [1.54, 1.807) is 13.4 Å². The number of carbonyl (C=O) groups excluding carboxylic acids is 1. The number of carbonyl (C=O) groups is 1. The standard InChI is InChI=1S/C17H26N6O3/c1-11-12(2)22(10-18-11)8-16(25)19-14-6-13(7-14)17-21-20-15(9-24)23(17)4-5-26-3/h10,13-14,24H,4-9H2,1-3H3,(H,19,25). The zero-order valence-corrected chi connectivity index (χ0v) is 15.5. The van der Waals surface area contributed by atoms with Crippen LogP contribution in [0.25, 0.3) is 0 Å². The smallest absolute Gasteiger partial charge is 0.240 e. The molecule has 2 heterocycles. The van der Waals surface area contributed by atoms with Gasteiger partial charge in [-0.05, 0) is 26.7 Å². The molecule has 2 aromatic heterocycles. The highest BCUT2D eigenvalue weighted by Gasteiger charge is 2.35. The van der Waals surface area contributed by atoms with Crippen molar-refractivity contribution in [2.45, 2.75) is 58.3 Å². The van der Waals surface area contributed by atoms with E-state index in [0.29, 0.717) is 19.0 Å². The highest BCUT2D eigenvalue weighted by molar-refractivity contribution is 5.76. The summed E-state index contributed by atoms with van der Waals surface area (Å²) in [5.74, 6) is 1.64. The number of rotatable bonds is 8. The number of ether oxygens (including phenoxy) is 1. The van der Waals surface area contributed by atoms with Crippen molar-refractivity contribution >= 4 is 5.91 Å². The van der Waals surface area contributed by atoms with Gasteiger partial charge in [0, 0.05) is 31.3 Å². The molecule has 0 saturated heterocycles. The molecule has 2 N–H and O–H groups in total. The van der Waals surface area contributed by atoms with Gasteiger partial charge in [-0.2, -0.15) is 0 Å². The van der Waals surface area contributed by atoms with Crippen LogP contribution >= 0.6 is 0 Å². The second-order valence-electron chi connectivity index (χ2n) is 6.75. The molecule has 2 aromatic rings. The molecule has 1 aliphatic rings. The summed E-state index contributed by atoms with van der Waals surface area (Å²) in [5.41, 5.74) is 1.95. The largest absolute Gasteiger partial charge is 0.388 e. The number of aliphatic hydroxyl groups excluding tert-OH is 1. The van der Waals surface area contributed by atoms with Crippen molar-refractivity contribution in [3.8, 4) is 0 Å². The molecule has 0 spiro atoms. The fourth-order valence-electron chi connectivity index (χ4n) is 3.27. The summed E-state index contributed by atoms with van der Waals surface area (Å²) >= 11 is 0. The number of methoxy groups -OCH3 is 1. The number of aliphatic hydroxyl groups is 1. The first-order valence-electron chi connectivity index (χ1n) is 8.83. The van der Waals surface area contributed by atoms with Crippen molar-refractivity contribution in [2.24, 2.45) is 0 Å². The molecule has 1 fully saturated rings. The van der Waals surface area contributed by atoms with Crippen LogP contribution in [0, 0.1) is 13.8 Å². The van der Waals surface area contributed by atoms with Gasteiger partial charge < -0.3 is 24.3 Å². The van der Waals surface area contributed by atoms with E-state index in [9.17, 15) is 9.90 Å². The number of hydrogen-bond donors (Lipinski definition) is 2. The van der Waals surface area contributed by atoms with Crippen LogP contribution in [0.4, 0.5) is 0 Å². The van der Waals surface area contributed by atoms with Crippen molar-refractivity contribution in [1.82, 2.24) is 29.6 Å². The minimum absolute atomic E-state index is 0.00847. The zero-order valence-electron chi connectivity index (χ0n) is 15.5. The Morgan fingerprint density at radius 2 is 2.15 bits per heavy atom.